The standard InChI is InChI=1S/C15H19F2NO4/c1-2-20-10-15(21-5-6-22-15)8-14(19)18-9-11-3-4-12(16)7-13(11)17/h3-4,7H,2,5-6,8-10H2,1H3,(H,18,19). The molecule has 22 heavy (non-hydrogen) atoms. The number of amides is 1. The van der Waals surface area contributed by atoms with Crippen LogP contribution in [-0.2, 0) is 25.5 Å². The van der Waals surface area contributed by atoms with Gasteiger partial charge < -0.3 is 19.5 Å². The van der Waals surface area contributed by atoms with E-state index in [9.17, 15) is 13.6 Å². The van der Waals surface area contributed by atoms with Crippen molar-refractivity contribution in [3.05, 3.63) is 35.4 Å². The first-order valence-corrected chi connectivity index (χ1v) is 7.11. The Balaban J connectivity index is 1.88. The monoisotopic (exact) mass is 315 g/mol. The molecule has 7 heteroatoms. The molecule has 0 atom stereocenters. The molecule has 0 spiro atoms. The van der Waals surface area contributed by atoms with Crippen molar-refractivity contribution in [3.63, 3.8) is 0 Å². The predicted octanol–water partition coefficient (Wildman–Crippen LogP) is 1.75. The molecule has 1 saturated heterocycles. The molecule has 1 N–H and O–H groups in total. The molecule has 1 amide bonds. The third kappa shape index (κ3) is 4.46. The summed E-state index contributed by atoms with van der Waals surface area (Å²) in [4.78, 5) is 12.0. The summed E-state index contributed by atoms with van der Waals surface area (Å²) in [6, 6.07) is 3.22. The van der Waals surface area contributed by atoms with Crippen molar-refractivity contribution in [1.29, 1.82) is 0 Å². The number of nitrogens with one attached hydrogen (secondary N) is 1. The van der Waals surface area contributed by atoms with E-state index in [2.05, 4.69) is 5.32 Å². The first kappa shape index (κ1) is 16.8. The maximum Gasteiger partial charge on any atom is 0.225 e. The van der Waals surface area contributed by atoms with Crippen molar-refractivity contribution >= 4 is 5.91 Å². The molecule has 0 unspecified atom stereocenters. The molecule has 1 aliphatic heterocycles. The maximum absolute atomic E-state index is 13.5. The average molecular weight is 315 g/mol. The van der Waals surface area contributed by atoms with Gasteiger partial charge in [-0.1, -0.05) is 6.07 Å². The fourth-order valence-corrected chi connectivity index (χ4v) is 2.16. The molecule has 0 aliphatic carbocycles. The van der Waals surface area contributed by atoms with E-state index in [1.165, 1.54) is 6.07 Å². The Kier molecular flexibility index (Phi) is 5.82. The lowest BCUT2D eigenvalue weighted by atomic mass is 10.1. The lowest BCUT2D eigenvalue weighted by Crippen LogP contribution is -2.41. The Morgan fingerprint density at radius 3 is 2.73 bits per heavy atom. The number of carbonyl (C=O) groups is 1. The van der Waals surface area contributed by atoms with Crippen molar-refractivity contribution in [2.24, 2.45) is 0 Å². The maximum atomic E-state index is 13.5. The van der Waals surface area contributed by atoms with Crippen LogP contribution in [0.25, 0.3) is 0 Å². The highest BCUT2D eigenvalue weighted by atomic mass is 19.1. The van der Waals surface area contributed by atoms with E-state index < -0.39 is 17.4 Å². The van der Waals surface area contributed by atoms with Crippen molar-refractivity contribution in [2.45, 2.75) is 25.7 Å². The predicted molar refractivity (Wildman–Crippen MR) is 73.9 cm³/mol. The van der Waals surface area contributed by atoms with Gasteiger partial charge in [0.15, 0.2) is 0 Å². The second-order valence-electron chi connectivity index (χ2n) is 4.93. The summed E-state index contributed by atoms with van der Waals surface area (Å²) in [6.45, 7) is 3.23. The zero-order valence-corrected chi connectivity index (χ0v) is 12.4. The summed E-state index contributed by atoms with van der Waals surface area (Å²) >= 11 is 0. The van der Waals surface area contributed by atoms with Crippen molar-refractivity contribution < 1.29 is 27.8 Å². The Morgan fingerprint density at radius 1 is 1.36 bits per heavy atom. The summed E-state index contributed by atoms with van der Waals surface area (Å²) in [5, 5.41) is 2.57. The van der Waals surface area contributed by atoms with Crippen LogP contribution in [0.3, 0.4) is 0 Å². The Hall–Kier alpha value is -1.57. The minimum atomic E-state index is -1.08. The molecule has 0 saturated carbocycles. The van der Waals surface area contributed by atoms with Crippen LogP contribution in [0, 0.1) is 11.6 Å². The van der Waals surface area contributed by atoms with Gasteiger partial charge in [-0.3, -0.25) is 4.79 Å². The van der Waals surface area contributed by atoms with E-state index in [4.69, 9.17) is 14.2 Å². The van der Waals surface area contributed by atoms with Gasteiger partial charge in [0.25, 0.3) is 0 Å². The summed E-state index contributed by atoms with van der Waals surface area (Å²) in [5.74, 6) is -2.79. The van der Waals surface area contributed by atoms with Gasteiger partial charge in [0.05, 0.1) is 19.6 Å². The molecular formula is C15H19F2NO4. The van der Waals surface area contributed by atoms with Crippen LogP contribution < -0.4 is 5.32 Å². The first-order chi connectivity index (χ1) is 10.5. The lowest BCUT2D eigenvalue weighted by molar-refractivity contribution is -0.198. The van der Waals surface area contributed by atoms with Crippen LogP contribution >= 0.6 is 0 Å². The fraction of sp³-hybridized carbons (Fsp3) is 0.533. The molecule has 122 valence electrons. The van der Waals surface area contributed by atoms with Crippen LogP contribution in [0.1, 0.15) is 18.9 Å². The molecule has 1 heterocycles. The minimum Gasteiger partial charge on any atom is -0.376 e. The molecule has 0 radical (unpaired) electrons. The van der Waals surface area contributed by atoms with Gasteiger partial charge in [0, 0.05) is 24.8 Å². The van der Waals surface area contributed by atoms with Crippen molar-refractivity contribution in [3.8, 4) is 0 Å². The molecule has 1 aromatic rings. The largest absolute Gasteiger partial charge is 0.376 e. The number of halogens is 2. The number of hydrogen-bond acceptors (Lipinski definition) is 4. The summed E-state index contributed by atoms with van der Waals surface area (Å²) < 4.78 is 42.5. The smallest absolute Gasteiger partial charge is 0.225 e. The highest BCUT2D eigenvalue weighted by Gasteiger charge is 2.39. The number of rotatable bonds is 7. The van der Waals surface area contributed by atoms with Gasteiger partial charge in [0.2, 0.25) is 11.7 Å². The molecule has 2 rings (SSSR count). The SMILES string of the molecule is CCOCC1(CC(=O)NCc2ccc(F)cc2F)OCCO1. The van der Waals surface area contributed by atoms with Crippen LogP contribution in [0.5, 0.6) is 0 Å². The van der Waals surface area contributed by atoms with Crippen molar-refractivity contribution in [2.75, 3.05) is 26.4 Å². The molecule has 1 aliphatic rings. The second kappa shape index (κ2) is 7.62. The van der Waals surface area contributed by atoms with Gasteiger partial charge in [-0.25, -0.2) is 8.78 Å². The molecule has 1 fully saturated rings. The Bertz CT molecular complexity index is 518. The zero-order chi connectivity index (χ0) is 16.0. The van der Waals surface area contributed by atoms with Crippen LogP contribution in [0.2, 0.25) is 0 Å². The normalized spacial score (nSPS) is 16.7. The molecular weight excluding hydrogens is 296 g/mol. The average Bonchev–Trinajstić information content (AvgIpc) is 2.93. The second-order valence-corrected chi connectivity index (χ2v) is 4.93. The van der Waals surface area contributed by atoms with Gasteiger partial charge in [-0.05, 0) is 13.0 Å². The highest BCUT2D eigenvalue weighted by molar-refractivity contribution is 5.76. The molecule has 5 nitrogen and oxygen atoms in total. The van der Waals surface area contributed by atoms with Crippen LogP contribution in [0.4, 0.5) is 8.78 Å². The summed E-state index contributed by atoms with van der Waals surface area (Å²) in [6.07, 6.45) is -0.0458. The number of hydrogen-bond donors (Lipinski definition) is 1. The quantitative estimate of drug-likeness (QED) is 0.833. The highest BCUT2D eigenvalue weighted by Crippen LogP contribution is 2.24. The summed E-state index contributed by atoms with van der Waals surface area (Å²) in [7, 11) is 0. The molecule has 0 bridgehead atoms. The minimum absolute atomic E-state index is 0.0321. The van der Waals surface area contributed by atoms with Gasteiger partial charge in [-0.2, -0.15) is 0 Å². The van der Waals surface area contributed by atoms with Crippen LogP contribution in [0.15, 0.2) is 18.2 Å². The van der Waals surface area contributed by atoms with Crippen LogP contribution in [-0.4, -0.2) is 38.1 Å². The van der Waals surface area contributed by atoms with E-state index in [-0.39, 0.29) is 31.0 Å². The zero-order valence-electron chi connectivity index (χ0n) is 12.4. The topological polar surface area (TPSA) is 56.8 Å². The molecule has 1 aromatic carbocycles. The third-order valence-corrected chi connectivity index (χ3v) is 3.26. The fourth-order valence-electron chi connectivity index (χ4n) is 2.16. The van der Waals surface area contributed by atoms with E-state index in [0.29, 0.717) is 19.8 Å². The van der Waals surface area contributed by atoms with E-state index in [0.717, 1.165) is 12.1 Å². The van der Waals surface area contributed by atoms with Gasteiger partial charge >= 0.3 is 0 Å². The Morgan fingerprint density at radius 2 is 2.09 bits per heavy atom. The van der Waals surface area contributed by atoms with Gasteiger partial charge in [-0.15, -0.1) is 0 Å². The van der Waals surface area contributed by atoms with Crippen molar-refractivity contribution in [1.82, 2.24) is 5.32 Å². The number of benzene rings is 1. The molecule has 0 aromatic heterocycles. The van der Waals surface area contributed by atoms with E-state index in [1.54, 1.807) is 0 Å². The van der Waals surface area contributed by atoms with Gasteiger partial charge in [0.1, 0.15) is 18.2 Å². The number of carbonyl (C=O) groups excluding carboxylic acids is 1. The first-order valence-electron chi connectivity index (χ1n) is 7.11. The number of ether oxygens (including phenoxy) is 3. The van der Waals surface area contributed by atoms with E-state index in [1.807, 2.05) is 6.92 Å². The third-order valence-electron chi connectivity index (χ3n) is 3.26. The summed E-state index contributed by atoms with van der Waals surface area (Å²) in [5.41, 5.74) is 0.210. The van der Waals surface area contributed by atoms with E-state index >= 15 is 0 Å². The Labute approximate surface area is 127 Å². The lowest BCUT2D eigenvalue weighted by Gasteiger charge is -2.26.